The Balaban J connectivity index is 2.21. The Morgan fingerprint density at radius 3 is 2.92 bits per heavy atom. The molecule has 1 nitrogen and oxygen atoms in total. The van der Waals surface area contributed by atoms with Crippen molar-refractivity contribution in [3.05, 3.63) is 40.8 Å². The van der Waals surface area contributed by atoms with Crippen molar-refractivity contribution >= 4 is 11.6 Å². The number of rotatable bonds is 1. The molecule has 0 aromatic heterocycles. The molecule has 1 aliphatic rings. The first-order valence-corrected chi connectivity index (χ1v) is 4.55. The van der Waals surface area contributed by atoms with Crippen molar-refractivity contribution in [2.24, 2.45) is 0 Å². The van der Waals surface area contributed by atoms with Crippen molar-refractivity contribution in [1.29, 1.82) is 0 Å². The van der Waals surface area contributed by atoms with Crippen LogP contribution >= 0.6 is 11.6 Å². The number of halogens is 1. The van der Waals surface area contributed by atoms with E-state index in [0.29, 0.717) is 0 Å². The summed E-state index contributed by atoms with van der Waals surface area (Å²) in [4.78, 5) is 0. The van der Waals surface area contributed by atoms with E-state index < -0.39 is 0 Å². The molecule has 1 aliphatic heterocycles. The first kappa shape index (κ1) is 8.09. The third kappa shape index (κ3) is 1.62. The Kier molecular flexibility index (Phi) is 2.33. The SMILES string of the molecule is Clc1cccc([C]2CCNC2)c1. The number of hydrogen-bond donors (Lipinski definition) is 1. The van der Waals surface area contributed by atoms with Gasteiger partial charge in [0.2, 0.25) is 0 Å². The highest BCUT2D eigenvalue weighted by atomic mass is 35.5. The lowest BCUT2D eigenvalue weighted by atomic mass is 9.99. The number of nitrogens with one attached hydrogen (secondary N) is 1. The van der Waals surface area contributed by atoms with Gasteiger partial charge in [-0.05, 0) is 30.7 Å². The van der Waals surface area contributed by atoms with Gasteiger partial charge in [0.05, 0.1) is 0 Å². The summed E-state index contributed by atoms with van der Waals surface area (Å²) in [6, 6.07) is 8.06. The minimum Gasteiger partial charge on any atom is -0.316 e. The molecule has 0 unspecified atom stereocenters. The van der Waals surface area contributed by atoms with Crippen LogP contribution in [0.2, 0.25) is 5.02 Å². The van der Waals surface area contributed by atoms with Crippen LogP contribution in [0.25, 0.3) is 0 Å². The van der Waals surface area contributed by atoms with Crippen LogP contribution in [0.15, 0.2) is 24.3 Å². The minimum atomic E-state index is 0.826. The predicted octanol–water partition coefficient (Wildman–Crippen LogP) is 2.26. The Morgan fingerprint density at radius 2 is 2.25 bits per heavy atom. The van der Waals surface area contributed by atoms with Crippen LogP contribution in [0, 0.1) is 5.92 Å². The molecule has 1 aromatic rings. The van der Waals surface area contributed by atoms with E-state index in [2.05, 4.69) is 11.4 Å². The van der Waals surface area contributed by atoms with E-state index in [4.69, 9.17) is 11.6 Å². The van der Waals surface area contributed by atoms with Crippen LogP contribution in [0.3, 0.4) is 0 Å². The van der Waals surface area contributed by atoms with Crippen LogP contribution in [-0.4, -0.2) is 13.1 Å². The fourth-order valence-corrected chi connectivity index (χ4v) is 1.71. The quantitative estimate of drug-likeness (QED) is 0.699. The maximum atomic E-state index is 5.89. The van der Waals surface area contributed by atoms with E-state index in [1.807, 2.05) is 18.2 Å². The molecule has 1 N–H and O–H groups in total. The van der Waals surface area contributed by atoms with Crippen LogP contribution in [0.4, 0.5) is 0 Å². The zero-order valence-electron chi connectivity index (χ0n) is 6.81. The van der Waals surface area contributed by atoms with Gasteiger partial charge in [-0.3, -0.25) is 0 Å². The molecule has 2 heteroatoms. The lowest BCUT2D eigenvalue weighted by molar-refractivity contribution is 0.860. The normalized spacial score (nSPS) is 18.4. The molecule has 0 amide bonds. The fourth-order valence-electron chi connectivity index (χ4n) is 1.52. The first-order chi connectivity index (χ1) is 5.86. The van der Waals surface area contributed by atoms with E-state index in [-0.39, 0.29) is 0 Å². The lowest BCUT2D eigenvalue weighted by Crippen LogP contribution is -2.08. The third-order valence-electron chi connectivity index (χ3n) is 2.17. The molecule has 1 radical (unpaired) electrons. The van der Waals surface area contributed by atoms with Crippen LogP contribution in [-0.2, 0) is 0 Å². The van der Waals surface area contributed by atoms with E-state index >= 15 is 0 Å². The average Bonchev–Trinajstić information content (AvgIpc) is 2.56. The van der Waals surface area contributed by atoms with Gasteiger partial charge in [0.15, 0.2) is 0 Å². The molecule has 12 heavy (non-hydrogen) atoms. The average molecular weight is 181 g/mol. The van der Waals surface area contributed by atoms with Gasteiger partial charge < -0.3 is 5.32 Å². The van der Waals surface area contributed by atoms with E-state index in [9.17, 15) is 0 Å². The van der Waals surface area contributed by atoms with Gasteiger partial charge in [-0.25, -0.2) is 0 Å². The summed E-state index contributed by atoms with van der Waals surface area (Å²) in [5, 5.41) is 4.14. The Labute approximate surface area is 77.7 Å². The van der Waals surface area contributed by atoms with Gasteiger partial charge in [0.25, 0.3) is 0 Å². The number of benzene rings is 1. The second-order valence-corrected chi connectivity index (χ2v) is 3.48. The molecule has 0 bridgehead atoms. The van der Waals surface area contributed by atoms with Crippen molar-refractivity contribution < 1.29 is 0 Å². The van der Waals surface area contributed by atoms with E-state index in [0.717, 1.165) is 24.5 Å². The smallest absolute Gasteiger partial charge is 0.0408 e. The zero-order valence-corrected chi connectivity index (χ0v) is 7.56. The Hall–Kier alpha value is -0.530. The van der Waals surface area contributed by atoms with Crippen molar-refractivity contribution in [2.75, 3.05) is 13.1 Å². The summed E-state index contributed by atoms with van der Waals surface area (Å²) in [6.45, 7) is 2.11. The van der Waals surface area contributed by atoms with Crippen molar-refractivity contribution in [3.8, 4) is 0 Å². The van der Waals surface area contributed by atoms with Gasteiger partial charge in [-0.15, -0.1) is 0 Å². The highest BCUT2D eigenvalue weighted by Gasteiger charge is 2.16. The second kappa shape index (κ2) is 3.46. The molecule has 1 heterocycles. The van der Waals surface area contributed by atoms with Gasteiger partial charge in [0, 0.05) is 17.5 Å². The molecule has 0 aliphatic carbocycles. The Morgan fingerprint density at radius 1 is 1.33 bits per heavy atom. The standard InChI is InChI=1S/C10H11ClN/c11-10-3-1-2-8(6-10)9-4-5-12-7-9/h1-3,6,12H,4-5,7H2. The van der Waals surface area contributed by atoms with Crippen LogP contribution in [0.1, 0.15) is 12.0 Å². The van der Waals surface area contributed by atoms with E-state index in [1.54, 1.807) is 0 Å². The molecule has 0 spiro atoms. The zero-order chi connectivity index (χ0) is 8.39. The monoisotopic (exact) mass is 180 g/mol. The minimum absolute atomic E-state index is 0.826. The van der Waals surface area contributed by atoms with Crippen molar-refractivity contribution in [3.63, 3.8) is 0 Å². The maximum absolute atomic E-state index is 5.89. The van der Waals surface area contributed by atoms with Crippen molar-refractivity contribution in [1.82, 2.24) is 5.32 Å². The summed E-state index contributed by atoms with van der Waals surface area (Å²) >= 11 is 5.89. The molecular weight excluding hydrogens is 170 g/mol. The molecule has 2 rings (SSSR count). The molecule has 63 valence electrons. The van der Waals surface area contributed by atoms with Crippen LogP contribution in [0.5, 0.6) is 0 Å². The lowest BCUT2D eigenvalue weighted by Gasteiger charge is -2.07. The highest BCUT2D eigenvalue weighted by molar-refractivity contribution is 6.30. The Bertz CT molecular complexity index is 266. The van der Waals surface area contributed by atoms with Crippen molar-refractivity contribution in [2.45, 2.75) is 6.42 Å². The molecule has 1 fully saturated rings. The van der Waals surface area contributed by atoms with Gasteiger partial charge in [-0.1, -0.05) is 23.7 Å². The van der Waals surface area contributed by atoms with Crippen LogP contribution < -0.4 is 5.32 Å². The topological polar surface area (TPSA) is 12.0 Å². The first-order valence-electron chi connectivity index (χ1n) is 4.17. The molecular formula is C10H11ClN. The van der Waals surface area contributed by atoms with Gasteiger partial charge >= 0.3 is 0 Å². The maximum Gasteiger partial charge on any atom is 0.0408 e. The molecule has 1 aromatic carbocycles. The summed E-state index contributed by atoms with van der Waals surface area (Å²) in [5.74, 6) is 1.47. The van der Waals surface area contributed by atoms with E-state index in [1.165, 1.54) is 11.5 Å². The third-order valence-corrected chi connectivity index (χ3v) is 2.41. The molecule has 0 saturated carbocycles. The molecule has 0 atom stereocenters. The molecule has 1 saturated heterocycles. The van der Waals surface area contributed by atoms with Gasteiger partial charge in [-0.2, -0.15) is 0 Å². The second-order valence-electron chi connectivity index (χ2n) is 3.04. The van der Waals surface area contributed by atoms with Gasteiger partial charge in [0.1, 0.15) is 0 Å². The largest absolute Gasteiger partial charge is 0.316 e. The summed E-state index contributed by atoms with van der Waals surface area (Å²) in [7, 11) is 0. The summed E-state index contributed by atoms with van der Waals surface area (Å²) in [5.41, 5.74) is 1.28. The predicted molar refractivity (Wildman–Crippen MR) is 51.3 cm³/mol. The highest BCUT2D eigenvalue weighted by Crippen LogP contribution is 2.23. The summed E-state index contributed by atoms with van der Waals surface area (Å²) in [6.07, 6.45) is 1.15. The summed E-state index contributed by atoms with van der Waals surface area (Å²) < 4.78 is 0. The number of hydrogen-bond acceptors (Lipinski definition) is 1. The fraction of sp³-hybridized carbons (Fsp3) is 0.300.